The number of hydrogen-bond donors (Lipinski definition) is 2. The van der Waals surface area contributed by atoms with Gasteiger partial charge in [0.15, 0.2) is 0 Å². The normalized spacial score (nSPS) is 12.4. The van der Waals surface area contributed by atoms with Crippen molar-refractivity contribution in [3.63, 3.8) is 0 Å². The zero-order chi connectivity index (χ0) is 13.4. The van der Waals surface area contributed by atoms with Gasteiger partial charge in [-0.15, -0.1) is 0 Å². The van der Waals surface area contributed by atoms with Crippen molar-refractivity contribution in [2.75, 3.05) is 31.6 Å². The van der Waals surface area contributed by atoms with Crippen molar-refractivity contribution in [2.24, 2.45) is 0 Å². The fourth-order valence-corrected chi connectivity index (χ4v) is 1.78. The van der Waals surface area contributed by atoms with E-state index in [-0.39, 0.29) is 6.61 Å². The van der Waals surface area contributed by atoms with Gasteiger partial charge in [-0.3, -0.25) is 4.98 Å². The number of nitrogens with one attached hydrogen (secondary N) is 1. The molecule has 4 heteroatoms. The lowest BCUT2D eigenvalue weighted by molar-refractivity contribution is 0.290. The van der Waals surface area contributed by atoms with E-state index in [0.29, 0.717) is 6.04 Å². The highest BCUT2D eigenvalue weighted by Gasteiger charge is 2.06. The molecular weight excluding hydrogens is 226 g/mol. The monoisotopic (exact) mass is 251 g/mol. The van der Waals surface area contributed by atoms with Crippen molar-refractivity contribution in [3.05, 3.63) is 24.0 Å². The largest absolute Gasteiger partial charge is 0.396 e. The maximum Gasteiger partial charge on any atom is 0.0572 e. The van der Waals surface area contributed by atoms with E-state index in [1.165, 1.54) is 0 Å². The van der Waals surface area contributed by atoms with Crippen LogP contribution in [-0.4, -0.2) is 36.8 Å². The summed E-state index contributed by atoms with van der Waals surface area (Å²) in [5.41, 5.74) is 2.16. The maximum absolute atomic E-state index is 8.81. The van der Waals surface area contributed by atoms with E-state index in [2.05, 4.69) is 41.2 Å². The summed E-state index contributed by atoms with van der Waals surface area (Å²) in [4.78, 5) is 6.60. The van der Waals surface area contributed by atoms with Gasteiger partial charge >= 0.3 is 0 Å². The van der Waals surface area contributed by atoms with Crippen LogP contribution in [0.5, 0.6) is 0 Å². The molecule has 0 saturated heterocycles. The van der Waals surface area contributed by atoms with E-state index in [9.17, 15) is 0 Å². The second-order valence-corrected chi connectivity index (χ2v) is 4.62. The van der Waals surface area contributed by atoms with Crippen LogP contribution in [0.15, 0.2) is 18.3 Å². The van der Waals surface area contributed by atoms with Gasteiger partial charge in [0.1, 0.15) is 0 Å². The van der Waals surface area contributed by atoms with Crippen LogP contribution in [0.3, 0.4) is 0 Å². The molecule has 18 heavy (non-hydrogen) atoms. The second kappa shape index (κ2) is 8.06. The van der Waals surface area contributed by atoms with Gasteiger partial charge in [0.2, 0.25) is 0 Å². The van der Waals surface area contributed by atoms with Gasteiger partial charge < -0.3 is 15.3 Å². The highest BCUT2D eigenvalue weighted by molar-refractivity contribution is 5.43. The van der Waals surface area contributed by atoms with Crippen molar-refractivity contribution in [1.29, 1.82) is 0 Å². The first-order valence-electron chi connectivity index (χ1n) is 6.70. The number of nitrogens with zero attached hydrogens (tertiary/aromatic N) is 2. The van der Waals surface area contributed by atoms with Crippen LogP contribution in [0.25, 0.3) is 0 Å². The molecule has 0 fully saturated rings. The Labute approximate surface area is 110 Å². The zero-order valence-corrected chi connectivity index (χ0v) is 11.7. The number of pyridine rings is 1. The van der Waals surface area contributed by atoms with Gasteiger partial charge in [-0.05, 0) is 38.4 Å². The molecule has 102 valence electrons. The summed E-state index contributed by atoms with van der Waals surface area (Å²) >= 11 is 0. The molecule has 0 amide bonds. The minimum Gasteiger partial charge on any atom is -0.396 e. The van der Waals surface area contributed by atoms with Gasteiger partial charge in [-0.1, -0.05) is 6.92 Å². The number of rotatable bonds is 8. The topological polar surface area (TPSA) is 48.4 Å². The molecule has 2 N–H and O–H groups in total. The molecule has 0 radical (unpaired) electrons. The minimum atomic E-state index is 0.230. The maximum atomic E-state index is 8.81. The minimum absolute atomic E-state index is 0.230. The van der Waals surface area contributed by atoms with Gasteiger partial charge in [0, 0.05) is 26.2 Å². The SMILES string of the molecule is CCCNC(C)c1ccc(N(C)CCCO)cn1. The smallest absolute Gasteiger partial charge is 0.0572 e. The molecule has 0 aliphatic rings. The molecule has 1 rings (SSSR count). The standard InChI is InChI=1S/C14H25N3O/c1-4-8-15-12(2)14-7-6-13(11-16-14)17(3)9-5-10-18/h6-7,11-12,15,18H,4-5,8-10H2,1-3H3. The number of anilines is 1. The fraction of sp³-hybridized carbons (Fsp3) is 0.643. The van der Waals surface area contributed by atoms with Crippen LogP contribution < -0.4 is 10.2 Å². The predicted octanol–water partition coefficient (Wildman–Crippen LogP) is 1.96. The Bertz CT molecular complexity index is 293. The van der Waals surface area contributed by atoms with Crippen molar-refractivity contribution in [2.45, 2.75) is 32.7 Å². The van der Waals surface area contributed by atoms with Crippen LogP contribution in [0.4, 0.5) is 5.69 Å². The summed E-state index contributed by atoms with van der Waals surface area (Å²) in [6.45, 7) is 6.38. The highest BCUT2D eigenvalue weighted by Crippen LogP contribution is 2.15. The molecule has 1 unspecified atom stereocenters. The van der Waals surface area contributed by atoms with Crippen molar-refractivity contribution < 1.29 is 5.11 Å². The van der Waals surface area contributed by atoms with E-state index in [1.807, 2.05) is 13.2 Å². The molecule has 0 spiro atoms. The van der Waals surface area contributed by atoms with Gasteiger partial charge in [0.05, 0.1) is 17.6 Å². The molecule has 1 atom stereocenters. The Balaban J connectivity index is 2.56. The summed E-state index contributed by atoms with van der Waals surface area (Å²) in [6, 6.07) is 4.45. The first kappa shape index (κ1) is 14.9. The van der Waals surface area contributed by atoms with E-state index >= 15 is 0 Å². The average molecular weight is 251 g/mol. The Morgan fingerprint density at radius 2 is 2.22 bits per heavy atom. The summed E-state index contributed by atoms with van der Waals surface area (Å²) in [5, 5.41) is 12.2. The Kier molecular flexibility index (Phi) is 6.68. The summed E-state index contributed by atoms with van der Waals surface area (Å²) in [7, 11) is 2.02. The summed E-state index contributed by atoms with van der Waals surface area (Å²) < 4.78 is 0. The molecule has 1 heterocycles. The third kappa shape index (κ3) is 4.63. The van der Waals surface area contributed by atoms with Crippen LogP contribution in [0, 0.1) is 0 Å². The van der Waals surface area contributed by atoms with Crippen molar-refractivity contribution in [3.8, 4) is 0 Å². The molecule has 1 aromatic rings. The molecule has 0 aromatic carbocycles. The summed E-state index contributed by atoms with van der Waals surface area (Å²) in [6.07, 6.45) is 3.82. The Morgan fingerprint density at radius 1 is 1.44 bits per heavy atom. The average Bonchev–Trinajstić information content (AvgIpc) is 2.42. The van der Waals surface area contributed by atoms with Gasteiger partial charge in [-0.2, -0.15) is 0 Å². The molecule has 0 aliphatic heterocycles. The number of aromatic nitrogens is 1. The lowest BCUT2D eigenvalue weighted by atomic mass is 10.2. The molecule has 1 aromatic heterocycles. The van der Waals surface area contributed by atoms with Crippen LogP contribution in [0.1, 0.15) is 38.4 Å². The lowest BCUT2D eigenvalue weighted by Gasteiger charge is -2.19. The first-order valence-corrected chi connectivity index (χ1v) is 6.70. The van der Waals surface area contributed by atoms with Crippen molar-refractivity contribution in [1.82, 2.24) is 10.3 Å². The number of hydrogen-bond acceptors (Lipinski definition) is 4. The van der Waals surface area contributed by atoms with Crippen LogP contribution in [0.2, 0.25) is 0 Å². The highest BCUT2D eigenvalue weighted by atomic mass is 16.3. The predicted molar refractivity (Wildman–Crippen MR) is 75.9 cm³/mol. The molecule has 0 aliphatic carbocycles. The van der Waals surface area contributed by atoms with E-state index in [4.69, 9.17) is 5.11 Å². The first-order chi connectivity index (χ1) is 8.69. The summed E-state index contributed by atoms with van der Waals surface area (Å²) in [5.74, 6) is 0. The van der Waals surface area contributed by atoms with Crippen molar-refractivity contribution >= 4 is 5.69 Å². The number of aliphatic hydroxyl groups excluding tert-OH is 1. The third-order valence-electron chi connectivity index (χ3n) is 3.01. The Hall–Kier alpha value is -1.13. The van der Waals surface area contributed by atoms with E-state index < -0.39 is 0 Å². The number of aliphatic hydroxyl groups is 1. The quantitative estimate of drug-likeness (QED) is 0.741. The van der Waals surface area contributed by atoms with Crippen LogP contribution in [-0.2, 0) is 0 Å². The lowest BCUT2D eigenvalue weighted by Crippen LogP contribution is -2.22. The van der Waals surface area contributed by atoms with Crippen LogP contribution >= 0.6 is 0 Å². The van der Waals surface area contributed by atoms with Gasteiger partial charge in [-0.25, -0.2) is 0 Å². The molecule has 0 saturated carbocycles. The van der Waals surface area contributed by atoms with Gasteiger partial charge in [0.25, 0.3) is 0 Å². The second-order valence-electron chi connectivity index (χ2n) is 4.62. The zero-order valence-electron chi connectivity index (χ0n) is 11.7. The third-order valence-corrected chi connectivity index (χ3v) is 3.01. The van der Waals surface area contributed by atoms with E-state index in [1.54, 1.807) is 0 Å². The fourth-order valence-electron chi connectivity index (χ4n) is 1.78. The van der Waals surface area contributed by atoms with E-state index in [0.717, 1.165) is 37.3 Å². The molecule has 4 nitrogen and oxygen atoms in total. The molecular formula is C14H25N3O. The Morgan fingerprint density at radius 3 is 2.78 bits per heavy atom. The molecule has 0 bridgehead atoms.